The number of benzene rings is 1. The van der Waals surface area contributed by atoms with Crippen LogP contribution in [-0.2, 0) is 21.4 Å². The summed E-state index contributed by atoms with van der Waals surface area (Å²) < 4.78 is 30.2. The molecule has 0 radical (unpaired) electrons. The molecule has 182 valence electrons. The Kier molecular flexibility index (Phi) is 7.13. The number of hydrogen-bond acceptors (Lipinski definition) is 8. The van der Waals surface area contributed by atoms with Gasteiger partial charge in [-0.25, -0.2) is 22.7 Å². The predicted octanol–water partition coefficient (Wildman–Crippen LogP) is 1.89. The Labute approximate surface area is 199 Å². The molecule has 1 N–H and O–H groups in total. The van der Waals surface area contributed by atoms with Gasteiger partial charge in [0, 0.05) is 32.0 Å². The molecular weight excluding hydrogens is 458 g/mol. The van der Waals surface area contributed by atoms with Crippen molar-refractivity contribution in [2.24, 2.45) is 11.1 Å². The number of carbonyl (C=O) groups excluding carboxylic acids is 1. The van der Waals surface area contributed by atoms with Crippen LogP contribution in [0.4, 0.5) is 0 Å². The number of aryl methyl sites for hydroxylation is 1. The first-order valence-electron chi connectivity index (χ1n) is 11.2. The molecule has 1 aromatic heterocycles. The van der Waals surface area contributed by atoms with Gasteiger partial charge in [-0.2, -0.15) is 0 Å². The summed E-state index contributed by atoms with van der Waals surface area (Å²) in [6.45, 7) is 3.05. The highest BCUT2D eigenvalue weighted by Crippen LogP contribution is 2.30. The van der Waals surface area contributed by atoms with Gasteiger partial charge in [0.25, 0.3) is 5.91 Å². The van der Waals surface area contributed by atoms with Crippen molar-refractivity contribution in [2.75, 3.05) is 26.5 Å². The Hall–Kier alpha value is -3.05. The van der Waals surface area contributed by atoms with E-state index in [2.05, 4.69) is 20.4 Å². The lowest BCUT2D eigenvalue weighted by atomic mass is 9.89. The highest BCUT2D eigenvalue weighted by Gasteiger charge is 2.35. The molecule has 1 amide bonds. The minimum absolute atomic E-state index is 0.127. The summed E-state index contributed by atoms with van der Waals surface area (Å²) in [5, 5.41) is 7.11. The van der Waals surface area contributed by atoms with Crippen molar-refractivity contribution in [3.63, 3.8) is 0 Å². The van der Waals surface area contributed by atoms with E-state index in [1.807, 2.05) is 24.3 Å². The monoisotopic (exact) mass is 487 g/mol. The number of amides is 1. The minimum Gasteiger partial charge on any atom is -0.497 e. The van der Waals surface area contributed by atoms with Gasteiger partial charge in [0.2, 0.25) is 10.0 Å². The fraction of sp³-hybridized carbons (Fsp3) is 0.478. The molecular formula is C23H29N5O5S. The number of ether oxygens (including phenoxy) is 1. The second-order valence-electron chi connectivity index (χ2n) is 8.61. The van der Waals surface area contributed by atoms with E-state index in [0.717, 1.165) is 24.2 Å². The number of piperidine rings is 1. The smallest absolute Gasteiger partial charge is 0.270 e. The van der Waals surface area contributed by atoms with Crippen LogP contribution in [0.5, 0.6) is 5.75 Å². The number of nitrogens with zero attached hydrogens (tertiary/aromatic N) is 4. The van der Waals surface area contributed by atoms with E-state index in [-0.39, 0.29) is 23.6 Å². The third-order valence-electron chi connectivity index (χ3n) is 6.14. The number of rotatable bonds is 7. The minimum atomic E-state index is -3.17. The quantitative estimate of drug-likeness (QED) is 0.633. The largest absolute Gasteiger partial charge is 0.497 e. The first-order chi connectivity index (χ1) is 16.2. The van der Waals surface area contributed by atoms with Crippen molar-refractivity contribution in [3.8, 4) is 5.75 Å². The lowest BCUT2D eigenvalue weighted by Crippen LogP contribution is -2.40. The second-order valence-corrected chi connectivity index (χ2v) is 10.6. The molecule has 0 spiro atoms. The molecule has 4 rings (SSSR count). The number of methoxy groups -OCH3 is 1. The zero-order chi connectivity index (χ0) is 24.3. The van der Waals surface area contributed by atoms with Crippen molar-refractivity contribution >= 4 is 21.6 Å². The summed E-state index contributed by atoms with van der Waals surface area (Å²) in [6.07, 6.45) is 3.12. The average molecular weight is 488 g/mol. The van der Waals surface area contributed by atoms with Crippen LogP contribution in [0.2, 0.25) is 0 Å². The van der Waals surface area contributed by atoms with Crippen LogP contribution in [0.15, 0.2) is 35.5 Å². The molecule has 1 saturated heterocycles. The fourth-order valence-corrected chi connectivity index (χ4v) is 5.14. The van der Waals surface area contributed by atoms with Gasteiger partial charge in [0.15, 0.2) is 0 Å². The SMILES string of the molecule is COc1cccc(CNC(=O)c2cc(C3=NOC(C4CCN(S(C)(=O)=O)CC4)C3)nc(C)n2)c1. The van der Waals surface area contributed by atoms with Crippen molar-refractivity contribution in [3.05, 3.63) is 53.1 Å². The van der Waals surface area contributed by atoms with Crippen LogP contribution in [0.3, 0.4) is 0 Å². The highest BCUT2D eigenvalue weighted by atomic mass is 32.2. The van der Waals surface area contributed by atoms with Gasteiger partial charge in [0.1, 0.15) is 29.1 Å². The van der Waals surface area contributed by atoms with Crippen LogP contribution in [0.1, 0.15) is 46.8 Å². The zero-order valence-electron chi connectivity index (χ0n) is 19.5. The lowest BCUT2D eigenvalue weighted by molar-refractivity contribution is 0.0225. The van der Waals surface area contributed by atoms with E-state index >= 15 is 0 Å². The average Bonchev–Trinajstić information content (AvgIpc) is 3.32. The number of oxime groups is 1. The summed E-state index contributed by atoms with van der Waals surface area (Å²) in [5.74, 6) is 1.10. The van der Waals surface area contributed by atoms with Gasteiger partial charge < -0.3 is 14.9 Å². The van der Waals surface area contributed by atoms with Crippen LogP contribution >= 0.6 is 0 Å². The summed E-state index contributed by atoms with van der Waals surface area (Å²) in [4.78, 5) is 27.2. The summed E-state index contributed by atoms with van der Waals surface area (Å²) in [6, 6.07) is 9.11. The van der Waals surface area contributed by atoms with Gasteiger partial charge in [-0.05, 0) is 43.5 Å². The summed E-state index contributed by atoms with van der Waals surface area (Å²) in [7, 11) is -1.57. The molecule has 10 nitrogen and oxygen atoms in total. The van der Waals surface area contributed by atoms with E-state index in [1.54, 1.807) is 20.1 Å². The fourth-order valence-electron chi connectivity index (χ4n) is 4.27. The van der Waals surface area contributed by atoms with Gasteiger partial charge in [0.05, 0.1) is 19.1 Å². The standard InChI is InChI=1S/C23H29N5O5S/c1-15-25-19(12-21(26-15)23(29)24-14-16-5-4-6-18(11-16)32-2)20-13-22(33-27-20)17-7-9-28(10-8-17)34(3,30)31/h4-6,11-12,17,22H,7-10,13-14H2,1-3H3,(H,24,29). The van der Waals surface area contributed by atoms with E-state index < -0.39 is 10.0 Å². The van der Waals surface area contributed by atoms with E-state index in [9.17, 15) is 13.2 Å². The van der Waals surface area contributed by atoms with Crippen molar-refractivity contribution < 1.29 is 22.8 Å². The Bertz CT molecular complexity index is 1190. The molecule has 11 heteroatoms. The van der Waals surface area contributed by atoms with Crippen molar-refractivity contribution in [2.45, 2.75) is 38.8 Å². The maximum absolute atomic E-state index is 12.8. The first-order valence-corrected chi connectivity index (χ1v) is 13.0. The Morgan fingerprint density at radius 2 is 2.00 bits per heavy atom. The van der Waals surface area contributed by atoms with Gasteiger partial charge in [-0.1, -0.05) is 17.3 Å². The topological polar surface area (TPSA) is 123 Å². The molecule has 34 heavy (non-hydrogen) atoms. The Morgan fingerprint density at radius 3 is 2.71 bits per heavy atom. The maximum Gasteiger partial charge on any atom is 0.270 e. The normalized spacial score (nSPS) is 19.4. The van der Waals surface area contributed by atoms with Crippen molar-refractivity contribution in [1.29, 1.82) is 0 Å². The third kappa shape index (κ3) is 5.71. The summed E-state index contributed by atoms with van der Waals surface area (Å²) in [5.41, 5.74) is 2.41. The van der Waals surface area contributed by atoms with Crippen molar-refractivity contribution in [1.82, 2.24) is 19.6 Å². The van der Waals surface area contributed by atoms with Crippen LogP contribution in [0, 0.1) is 12.8 Å². The van der Waals surface area contributed by atoms with E-state index in [0.29, 0.717) is 43.3 Å². The van der Waals surface area contributed by atoms with Crippen LogP contribution in [-0.4, -0.2) is 66.9 Å². The maximum atomic E-state index is 12.8. The molecule has 0 aliphatic carbocycles. The second kappa shape index (κ2) is 10.1. The Morgan fingerprint density at radius 1 is 1.24 bits per heavy atom. The molecule has 2 aromatic rings. The number of sulfonamides is 1. The molecule has 1 fully saturated rings. The molecule has 1 aromatic carbocycles. The summed E-state index contributed by atoms with van der Waals surface area (Å²) >= 11 is 0. The number of hydrogen-bond donors (Lipinski definition) is 1. The Balaban J connectivity index is 1.38. The lowest BCUT2D eigenvalue weighted by Gasteiger charge is -2.32. The van der Waals surface area contributed by atoms with Gasteiger partial charge >= 0.3 is 0 Å². The number of nitrogens with one attached hydrogen (secondary N) is 1. The van der Waals surface area contributed by atoms with Gasteiger partial charge in [-0.15, -0.1) is 0 Å². The number of aromatic nitrogens is 2. The third-order valence-corrected chi connectivity index (χ3v) is 7.44. The number of carbonyl (C=O) groups is 1. The molecule has 1 atom stereocenters. The first kappa shape index (κ1) is 24.1. The zero-order valence-corrected chi connectivity index (χ0v) is 20.3. The van der Waals surface area contributed by atoms with Crippen LogP contribution < -0.4 is 10.1 Å². The van der Waals surface area contributed by atoms with E-state index in [1.165, 1.54) is 10.6 Å². The molecule has 3 heterocycles. The molecule has 2 aliphatic heterocycles. The molecule has 0 bridgehead atoms. The highest BCUT2D eigenvalue weighted by molar-refractivity contribution is 7.88. The van der Waals surface area contributed by atoms with E-state index in [4.69, 9.17) is 9.57 Å². The van der Waals surface area contributed by atoms with Gasteiger partial charge in [-0.3, -0.25) is 4.79 Å². The molecule has 0 saturated carbocycles. The van der Waals surface area contributed by atoms with Crippen LogP contribution in [0.25, 0.3) is 0 Å². The molecule has 2 aliphatic rings. The molecule has 1 unspecified atom stereocenters. The predicted molar refractivity (Wildman–Crippen MR) is 126 cm³/mol.